The molecule has 0 aliphatic carbocycles. The van der Waals surface area contributed by atoms with Crippen LogP contribution in [0.2, 0.25) is 0 Å². The molecule has 3 aromatic rings. The number of hydrogen-bond donors (Lipinski definition) is 1. The van der Waals surface area contributed by atoms with Gasteiger partial charge in [-0.25, -0.2) is 8.42 Å². The molecule has 0 unspecified atom stereocenters. The number of alkyl halides is 3. The number of carbonyl (C=O) groups is 1. The summed E-state index contributed by atoms with van der Waals surface area (Å²) >= 11 is 0. The van der Waals surface area contributed by atoms with E-state index < -0.39 is 33.3 Å². The van der Waals surface area contributed by atoms with E-state index in [0.717, 1.165) is 6.07 Å². The van der Waals surface area contributed by atoms with Crippen LogP contribution in [-0.4, -0.2) is 25.4 Å². The third kappa shape index (κ3) is 4.08. The number of para-hydroxylation sites is 1. The van der Waals surface area contributed by atoms with Crippen LogP contribution < -0.4 is 4.72 Å². The van der Waals surface area contributed by atoms with Gasteiger partial charge < -0.3 is 0 Å². The lowest BCUT2D eigenvalue weighted by Crippen LogP contribution is -2.26. The minimum absolute atomic E-state index is 0.185. The van der Waals surface area contributed by atoms with Gasteiger partial charge in [-0.3, -0.25) is 14.5 Å². The van der Waals surface area contributed by atoms with Crippen LogP contribution in [0.5, 0.6) is 0 Å². The molecule has 140 valence electrons. The number of aromatic nitrogens is 1. The number of fused-ring (bicyclic) bond motifs is 1. The zero-order valence-corrected chi connectivity index (χ0v) is 14.5. The molecule has 9 heteroatoms. The van der Waals surface area contributed by atoms with Crippen LogP contribution in [0.15, 0.2) is 65.7 Å². The fourth-order valence-electron chi connectivity index (χ4n) is 2.57. The molecule has 0 atom stereocenters. The third-order valence-corrected chi connectivity index (χ3v) is 5.27. The monoisotopic (exact) mass is 394 g/mol. The molecule has 1 heterocycles. The Balaban J connectivity index is 1.99. The highest BCUT2D eigenvalue weighted by Crippen LogP contribution is 2.27. The van der Waals surface area contributed by atoms with Gasteiger partial charge in [-0.1, -0.05) is 36.4 Å². The lowest BCUT2D eigenvalue weighted by molar-refractivity contribution is -0.170. The van der Waals surface area contributed by atoms with E-state index in [0.29, 0.717) is 10.9 Å². The van der Waals surface area contributed by atoms with Crippen molar-refractivity contribution in [3.63, 3.8) is 0 Å². The average Bonchev–Trinajstić information content (AvgIpc) is 2.61. The second-order valence-electron chi connectivity index (χ2n) is 5.69. The van der Waals surface area contributed by atoms with Crippen molar-refractivity contribution in [3.05, 3.63) is 66.4 Å². The number of nitrogens with zero attached hydrogens (tertiary/aromatic N) is 1. The van der Waals surface area contributed by atoms with Crippen LogP contribution in [0.4, 0.5) is 18.9 Å². The van der Waals surface area contributed by atoms with E-state index >= 15 is 0 Å². The molecule has 1 aromatic heterocycles. The maximum atomic E-state index is 12.8. The fraction of sp³-hybridized carbons (Fsp3) is 0.111. The highest BCUT2D eigenvalue weighted by molar-refractivity contribution is 7.92. The highest BCUT2D eigenvalue weighted by Gasteiger charge is 2.38. The van der Waals surface area contributed by atoms with Gasteiger partial charge in [-0.05, 0) is 23.8 Å². The number of nitrogens with one attached hydrogen (secondary N) is 1. The van der Waals surface area contributed by atoms with Crippen molar-refractivity contribution in [3.8, 4) is 0 Å². The zero-order valence-electron chi connectivity index (χ0n) is 13.7. The largest absolute Gasteiger partial charge is 0.450 e. The minimum atomic E-state index is -5.04. The van der Waals surface area contributed by atoms with Gasteiger partial charge in [0.2, 0.25) is 5.78 Å². The van der Waals surface area contributed by atoms with E-state index in [9.17, 15) is 26.4 Å². The summed E-state index contributed by atoms with van der Waals surface area (Å²) in [4.78, 5) is 15.0. The normalized spacial score (nSPS) is 12.1. The second kappa shape index (κ2) is 6.99. The molecule has 0 fully saturated rings. The molecule has 0 radical (unpaired) electrons. The van der Waals surface area contributed by atoms with Crippen LogP contribution in [0.3, 0.4) is 0 Å². The summed E-state index contributed by atoms with van der Waals surface area (Å²) in [6, 6.07) is 13.4. The molecule has 27 heavy (non-hydrogen) atoms. The van der Waals surface area contributed by atoms with Gasteiger partial charge in [0.1, 0.15) is 0 Å². The van der Waals surface area contributed by atoms with Crippen molar-refractivity contribution < 1.29 is 26.4 Å². The van der Waals surface area contributed by atoms with Gasteiger partial charge >= 0.3 is 6.18 Å². The Hall–Kier alpha value is -2.94. The molecule has 0 saturated carbocycles. The van der Waals surface area contributed by atoms with Gasteiger partial charge in [0.05, 0.1) is 16.1 Å². The first-order valence-corrected chi connectivity index (χ1v) is 9.21. The fourth-order valence-corrected chi connectivity index (χ4v) is 3.88. The van der Waals surface area contributed by atoms with Gasteiger partial charge in [0.25, 0.3) is 10.0 Å². The number of ketones is 1. The van der Waals surface area contributed by atoms with Gasteiger partial charge in [0.15, 0.2) is 0 Å². The van der Waals surface area contributed by atoms with Crippen LogP contribution in [-0.2, 0) is 21.2 Å². The maximum absolute atomic E-state index is 12.8. The van der Waals surface area contributed by atoms with E-state index in [1.807, 2.05) is 0 Å². The lowest BCUT2D eigenvalue weighted by atomic mass is 10.1. The molecule has 0 aliphatic rings. The number of sulfonamides is 1. The molecule has 2 aromatic carbocycles. The molecule has 1 N–H and O–H groups in total. The highest BCUT2D eigenvalue weighted by atomic mass is 32.2. The van der Waals surface area contributed by atoms with Crippen LogP contribution >= 0.6 is 0 Å². The number of carbonyl (C=O) groups excluding carboxylic acids is 1. The predicted octanol–water partition coefficient (Wildman–Crippen LogP) is 3.71. The number of halogens is 3. The van der Waals surface area contributed by atoms with E-state index in [1.165, 1.54) is 30.5 Å². The Bertz CT molecular complexity index is 1110. The summed E-state index contributed by atoms with van der Waals surface area (Å²) in [6.45, 7) is 0. The van der Waals surface area contributed by atoms with Crippen molar-refractivity contribution in [1.29, 1.82) is 0 Å². The Morgan fingerprint density at radius 3 is 2.44 bits per heavy atom. The van der Waals surface area contributed by atoms with Crippen LogP contribution in [0, 0.1) is 0 Å². The summed E-state index contributed by atoms with van der Waals surface area (Å²) in [6.07, 6.45) is -4.60. The quantitative estimate of drug-likeness (QED) is 0.716. The Labute approximate surface area is 152 Å². The Morgan fingerprint density at radius 2 is 1.70 bits per heavy atom. The van der Waals surface area contributed by atoms with E-state index in [2.05, 4.69) is 9.71 Å². The molecule has 0 spiro atoms. The summed E-state index contributed by atoms with van der Waals surface area (Å²) in [5, 5.41) is 0.693. The van der Waals surface area contributed by atoms with Crippen molar-refractivity contribution in [1.82, 2.24) is 4.98 Å². The first kappa shape index (κ1) is 18.8. The van der Waals surface area contributed by atoms with Gasteiger partial charge in [-0.2, -0.15) is 13.2 Å². The average molecular weight is 394 g/mol. The lowest BCUT2D eigenvalue weighted by Gasteiger charge is -2.13. The van der Waals surface area contributed by atoms with Crippen molar-refractivity contribution in [2.75, 3.05) is 4.72 Å². The molecule has 0 bridgehead atoms. The predicted molar refractivity (Wildman–Crippen MR) is 93.8 cm³/mol. The topological polar surface area (TPSA) is 76.1 Å². The number of anilines is 1. The summed E-state index contributed by atoms with van der Waals surface area (Å²) in [7, 11) is -4.24. The van der Waals surface area contributed by atoms with Crippen LogP contribution in [0.25, 0.3) is 10.9 Å². The van der Waals surface area contributed by atoms with Crippen LogP contribution in [0.1, 0.15) is 5.56 Å². The zero-order chi connectivity index (χ0) is 19.7. The SMILES string of the molecule is O=C(Cc1ccccc1S(=O)(=O)Nc1cccc2cccnc12)C(F)(F)F. The Kier molecular flexibility index (Phi) is 4.88. The third-order valence-electron chi connectivity index (χ3n) is 3.81. The van der Waals surface area contributed by atoms with E-state index in [4.69, 9.17) is 0 Å². The molecule has 0 saturated heterocycles. The standard InChI is InChI=1S/C18H13F3N2O3S/c19-18(20,21)16(24)11-13-5-1-2-9-15(13)27(25,26)23-14-8-3-6-12-7-4-10-22-17(12)14/h1-10,23H,11H2. The Morgan fingerprint density at radius 1 is 1.00 bits per heavy atom. The summed E-state index contributed by atoms with van der Waals surface area (Å²) < 4.78 is 65.6. The van der Waals surface area contributed by atoms with Gasteiger partial charge in [-0.15, -0.1) is 0 Å². The number of hydrogen-bond acceptors (Lipinski definition) is 4. The molecular weight excluding hydrogens is 381 g/mol. The molecule has 0 amide bonds. The number of Topliss-reactive ketones (excluding diaryl/α,β-unsaturated/α-hetero) is 1. The molecule has 5 nitrogen and oxygen atoms in total. The van der Waals surface area contributed by atoms with Crippen molar-refractivity contribution >= 4 is 32.4 Å². The molecular formula is C18H13F3N2O3S. The first-order valence-electron chi connectivity index (χ1n) is 7.73. The number of pyridine rings is 1. The minimum Gasteiger partial charge on any atom is -0.289 e. The van der Waals surface area contributed by atoms with Crippen molar-refractivity contribution in [2.45, 2.75) is 17.5 Å². The van der Waals surface area contributed by atoms with Gasteiger partial charge in [0, 0.05) is 18.0 Å². The maximum Gasteiger partial charge on any atom is 0.450 e. The number of rotatable bonds is 5. The second-order valence-corrected chi connectivity index (χ2v) is 7.34. The summed E-state index contributed by atoms with van der Waals surface area (Å²) in [5.41, 5.74) is 0.345. The first-order chi connectivity index (χ1) is 12.7. The smallest absolute Gasteiger partial charge is 0.289 e. The molecule has 3 rings (SSSR count). The van der Waals surface area contributed by atoms with E-state index in [1.54, 1.807) is 24.3 Å². The number of benzene rings is 2. The molecule has 0 aliphatic heterocycles. The summed E-state index contributed by atoms with van der Waals surface area (Å²) in [5.74, 6) is -2.02. The van der Waals surface area contributed by atoms with E-state index in [-0.39, 0.29) is 11.3 Å². The van der Waals surface area contributed by atoms with Crippen molar-refractivity contribution in [2.24, 2.45) is 0 Å².